The zero-order chi connectivity index (χ0) is 13.4. The Kier molecular flexibility index (Phi) is 5.63. The van der Waals surface area contributed by atoms with Gasteiger partial charge in [0.25, 0.3) is 0 Å². The second-order valence-corrected chi connectivity index (χ2v) is 4.57. The van der Waals surface area contributed by atoms with Gasteiger partial charge in [0, 0.05) is 6.54 Å². The molecule has 1 fully saturated rings. The Morgan fingerprint density at radius 2 is 2.00 bits per heavy atom. The molecule has 1 amide bonds. The Labute approximate surface area is 107 Å². The van der Waals surface area contributed by atoms with Crippen LogP contribution < -0.4 is 5.32 Å². The maximum Gasteiger partial charge on any atom is 0.307 e. The Morgan fingerprint density at radius 1 is 1.33 bits per heavy atom. The van der Waals surface area contributed by atoms with E-state index in [9.17, 15) is 14.9 Å². The van der Waals surface area contributed by atoms with E-state index in [0.717, 1.165) is 19.3 Å². The molecule has 0 aromatic carbocycles. The van der Waals surface area contributed by atoms with E-state index >= 15 is 0 Å². The normalized spacial score (nSPS) is 17.6. The van der Waals surface area contributed by atoms with Gasteiger partial charge in [-0.2, -0.15) is 5.26 Å². The lowest BCUT2D eigenvalue weighted by Crippen LogP contribution is -2.42. The summed E-state index contributed by atoms with van der Waals surface area (Å²) in [4.78, 5) is 23.1. The number of carbonyl (C=O) groups is 2. The molecule has 1 aliphatic rings. The first kappa shape index (κ1) is 14.5. The summed E-state index contributed by atoms with van der Waals surface area (Å²) in [6.45, 7) is 2.32. The first-order valence-corrected chi connectivity index (χ1v) is 6.50. The summed E-state index contributed by atoms with van der Waals surface area (Å²) in [5.41, 5.74) is -0.882. The zero-order valence-corrected chi connectivity index (χ0v) is 10.8. The molecule has 0 radical (unpaired) electrons. The van der Waals surface area contributed by atoms with Crippen molar-refractivity contribution in [2.75, 3.05) is 13.2 Å². The number of amides is 1. The van der Waals surface area contributed by atoms with Gasteiger partial charge in [-0.15, -0.1) is 0 Å². The van der Waals surface area contributed by atoms with Crippen LogP contribution >= 0.6 is 0 Å². The van der Waals surface area contributed by atoms with E-state index in [1.807, 2.05) is 0 Å². The van der Waals surface area contributed by atoms with Crippen molar-refractivity contribution < 1.29 is 14.3 Å². The zero-order valence-electron chi connectivity index (χ0n) is 10.8. The Bertz CT molecular complexity index is 341. The van der Waals surface area contributed by atoms with E-state index in [0.29, 0.717) is 19.4 Å². The summed E-state index contributed by atoms with van der Waals surface area (Å²) in [5, 5.41) is 11.9. The highest BCUT2D eigenvalue weighted by atomic mass is 16.5. The fourth-order valence-corrected chi connectivity index (χ4v) is 2.23. The SMILES string of the molecule is CCOC(=O)CCNC(=O)C1(C#N)CCCCC1. The van der Waals surface area contributed by atoms with Gasteiger partial charge < -0.3 is 10.1 Å². The summed E-state index contributed by atoms with van der Waals surface area (Å²) >= 11 is 0. The average molecular weight is 252 g/mol. The molecular weight excluding hydrogens is 232 g/mol. The molecule has 1 N–H and O–H groups in total. The molecule has 0 aromatic rings. The monoisotopic (exact) mass is 252 g/mol. The molecule has 1 saturated carbocycles. The van der Waals surface area contributed by atoms with Gasteiger partial charge in [-0.05, 0) is 19.8 Å². The second kappa shape index (κ2) is 7.00. The number of nitriles is 1. The van der Waals surface area contributed by atoms with Crippen LogP contribution in [0.3, 0.4) is 0 Å². The third-order valence-electron chi connectivity index (χ3n) is 3.28. The predicted octanol–water partition coefficient (Wildman–Crippen LogP) is 1.53. The van der Waals surface area contributed by atoms with Crippen LogP contribution in [-0.4, -0.2) is 25.0 Å². The lowest BCUT2D eigenvalue weighted by Gasteiger charge is -2.29. The van der Waals surface area contributed by atoms with Gasteiger partial charge in [0.15, 0.2) is 0 Å². The molecular formula is C13H20N2O3. The number of nitrogens with zero attached hydrogens (tertiary/aromatic N) is 1. The van der Waals surface area contributed by atoms with Gasteiger partial charge in [-0.25, -0.2) is 0 Å². The number of carbonyl (C=O) groups excluding carboxylic acids is 2. The van der Waals surface area contributed by atoms with Crippen molar-refractivity contribution in [3.8, 4) is 6.07 Å². The topological polar surface area (TPSA) is 79.2 Å². The molecule has 1 aliphatic carbocycles. The van der Waals surface area contributed by atoms with Crippen LogP contribution in [0.5, 0.6) is 0 Å². The highest BCUT2D eigenvalue weighted by Gasteiger charge is 2.39. The largest absolute Gasteiger partial charge is 0.466 e. The van der Waals surface area contributed by atoms with Crippen LogP contribution in [0.1, 0.15) is 45.4 Å². The van der Waals surface area contributed by atoms with E-state index in [-0.39, 0.29) is 24.8 Å². The molecule has 0 atom stereocenters. The van der Waals surface area contributed by atoms with Gasteiger partial charge in [0.05, 0.1) is 19.1 Å². The molecule has 0 spiro atoms. The fourth-order valence-electron chi connectivity index (χ4n) is 2.23. The first-order chi connectivity index (χ1) is 8.64. The van der Waals surface area contributed by atoms with Crippen LogP contribution in [0.4, 0.5) is 0 Å². The van der Waals surface area contributed by atoms with Crippen LogP contribution in [0.15, 0.2) is 0 Å². The van der Waals surface area contributed by atoms with Crippen molar-refractivity contribution >= 4 is 11.9 Å². The molecule has 5 nitrogen and oxygen atoms in total. The van der Waals surface area contributed by atoms with Gasteiger partial charge in [0.1, 0.15) is 5.41 Å². The smallest absolute Gasteiger partial charge is 0.307 e. The maximum atomic E-state index is 12.0. The third-order valence-corrected chi connectivity index (χ3v) is 3.28. The molecule has 18 heavy (non-hydrogen) atoms. The molecule has 0 saturated heterocycles. The summed E-state index contributed by atoms with van der Waals surface area (Å²) in [6, 6.07) is 2.15. The van der Waals surface area contributed by atoms with Crippen molar-refractivity contribution in [2.45, 2.75) is 45.4 Å². The first-order valence-electron chi connectivity index (χ1n) is 6.50. The number of rotatable bonds is 5. The second-order valence-electron chi connectivity index (χ2n) is 4.57. The van der Waals surface area contributed by atoms with Crippen LogP contribution in [0.2, 0.25) is 0 Å². The van der Waals surface area contributed by atoms with Crippen LogP contribution in [-0.2, 0) is 14.3 Å². The molecule has 5 heteroatoms. The van der Waals surface area contributed by atoms with Crippen molar-refractivity contribution in [3.05, 3.63) is 0 Å². The van der Waals surface area contributed by atoms with Crippen molar-refractivity contribution in [1.82, 2.24) is 5.32 Å². The highest BCUT2D eigenvalue weighted by molar-refractivity contribution is 5.85. The Morgan fingerprint density at radius 3 is 2.56 bits per heavy atom. The minimum Gasteiger partial charge on any atom is -0.466 e. The average Bonchev–Trinajstić information content (AvgIpc) is 2.39. The number of esters is 1. The van der Waals surface area contributed by atoms with E-state index < -0.39 is 5.41 Å². The molecule has 0 aromatic heterocycles. The van der Waals surface area contributed by atoms with Crippen molar-refractivity contribution in [3.63, 3.8) is 0 Å². The summed E-state index contributed by atoms with van der Waals surface area (Å²) in [5.74, 6) is -0.568. The molecule has 0 bridgehead atoms. The standard InChI is InChI=1S/C13H20N2O3/c1-2-18-11(16)6-9-15-12(17)13(10-14)7-4-3-5-8-13/h2-9H2,1H3,(H,15,17). The van der Waals surface area contributed by atoms with E-state index in [4.69, 9.17) is 4.74 Å². The maximum absolute atomic E-state index is 12.0. The number of hydrogen-bond acceptors (Lipinski definition) is 4. The Hall–Kier alpha value is -1.57. The lowest BCUT2D eigenvalue weighted by atomic mass is 9.74. The summed E-state index contributed by atoms with van der Waals surface area (Å²) in [7, 11) is 0. The number of ether oxygens (including phenoxy) is 1. The van der Waals surface area contributed by atoms with Crippen LogP contribution in [0.25, 0.3) is 0 Å². The molecule has 0 aliphatic heterocycles. The molecule has 0 unspecified atom stereocenters. The summed E-state index contributed by atoms with van der Waals surface area (Å²) < 4.78 is 4.77. The van der Waals surface area contributed by atoms with Gasteiger partial charge >= 0.3 is 5.97 Å². The molecule has 0 heterocycles. The lowest BCUT2D eigenvalue weighted by molar-refractivity contribution is -0.143. The van der Waals surface area contributed by atoms with Crippen molar-refractivity contribution in [1.29, 1.82) is 5.26 Å². The Balaban J connectivity index is 2.39. The van der Waals surface area contributed by atoms with Gasteiger partial charge in [-0.3, -0.25) is 9.59 Å². The van der Waals surface area contributed by atoms with E-state index in [1.165, 1.54) is 0 Å². The van der Waals surface area contributed by atoms with Crippen LogP contribution in [0, 0.1) is 16.7 Å². The van der Waals surface area contributed by atoms with E-state index in [1.54, 1.807) is 6.92 Å². The quantitative estimate of drug-likeness (QED) is 0.752. The summed E-state index contributed by atoms with van der Waals surface area (Å²) in [6.07, 6.45) is 4.31. The molecule has 100 valence electrons. The predicted molar refractivity (Wildman–Crippen MR) is 65.4 cm³/mol. The van der Waals surface area contributed by atoms with Gasteiger partial charge in [0.2, 0.25) is 5.91 Å². The minimum absolute atomic E-state index is 0.154. The third kappa shape index (κ3) is 3.73. The molecule has 1 rings (SSSR count). The number of nitrogens with one attached hydrogen (secondary N) is 1. The minimum atomic E-state index is -0.882. The van der Waals surface area contributed by atoms with Gasteiger partial charge in [-0.1, -0.05) is 19.3 Å². The number of hydrogen-bond donors (Lipinski definition) is 1. The van der Waals surface area contributed by atoms with Crippen molar-refractivity contribution in [2.24, 2.45) is 5.41 Å². The fraction of sp³-hybridized carbons (Fsp3) is 0.769. The highest BCUT2D eigenvalue weighted by Crippen LogP contribution is 2.35. The van der Waals surface area contributed by atoms with E-state index in [2.05, 4.69) is 11.4 Å².